The molecule has 4 nitrogen and oxygen atoms in total. The highest BCUT2D eigenvalue weighted by Gasteiger charge is 2.13. The molecule has 2 N–H and O–H groups in total. The molecule has 0 aliphatic rings. The second kappa shape index (κ2) is 4.72. The molecule has 1 heterocycles. The van der Waals surface area contributed by atoms with Crippen molar-refractivity contribution in [3.05, 3.63) is 56.9 Å². The van der Waals surface area contributed by atoms with Crippen molar-refractivity contribution in [1.29, 1.82) is 0 Å². The smallest absolute Gasteiger partial charge is 0.341 e. The average Bonchev–Trinajstić information content (AvgIpc) is 2.34. The van der Waals surface area contributed by atoms with Gasteiger partial charge in [0.1, 0.15) is 5.56 Å². The highest BCUT2D eigenvalue weighted by atomic mass is 16.4. The van der Waals surface area contributed by atoms with Crippen LogP contribution in [0.15, 0.2) is 29.1 Å². The lowest BCUT2D eigenvalue weighted by Gasteiger charge is -2.10. The lowest BCUT2D eigenvalue weighted by Crippen LogP contribution is -2.18. The summed E-state index contributed by atoms with van der Waals surface area (Å²) < 4.78 is 0. The molecule has 1 aromatic heterocycles. The van der Waals surface area contributed by atoms with Crippen LogP contribution in [0.2, 0.25) is 0 Å². The highest BCUT2D eigenvalue weighted by Crippen LogP contribution is 2.25. The van der Waals surface area contributed by atoms with Crippen molar-refractivity contribution in [2.24, 2.45) is 0 Å². The van der Waals surface area contributed by atoms with E-state index in [9.17, 15) is 9.59 Å². The molecule has 0 radical (unpaired) electrons. The summed E-state index contributed by atoms with van der Waals surface area (Å²) in [7, 11) is 0. The van der Waals surface area contributed by atoms with E-state index in [0.717, 1.165) is 22.3 Å². The number of carboxylic acid groups (broad SMARTS) is 1. The topological polar surface area (TPSA) is 70.2 Å². The minimum atomic E-state index is -1.21. The molecular weight excluding hydrogens is 242 g/mol. The molecule has 2 rings (SSSR count). The van der Waals surface area contributed by atoms with Gasteiger partial charge < -0.3 is 10.1 Å². The van der Waals surface area contributed by atoms with Crippen LogP contribution in [-0.2, 0) is 0 Å². The van der Waals surface area contributed by atoms with E-state index in [1.165, 1.54) is 6.07 Å². The van der Waals surface area contributed by atoms with Crippen LogP contribution in [0.25, 0.3) is 11.3 Å². The van der Waals surface area contributed by atoms with Gasteiger partial charge in [0.25, 0.3) is 5.56 Å². The van der Waals surface area contributed by atoms with Crippen molar-refractivity contribution in [3.63, 3.8) is 0 Å². The molecule has 98 valence electrons. The zero-order chi connectivity index (χ0) is 14.2. The summed E-state index contributed by atoms with van der Waals surface area (Å²) in [5, 5.41) is 8.93. The zero-order valence-corrected chi connectivity index (χ0v) is 11.1. The zero-order valence-electron chi connectivity index (χ0n) is 11.1. The number of hydrogen-bond donors (Lipinski definition) is 2. The van der Waals surface area contributed by atoms with Gasteiger partial charge in [-0.15, -0.1) is 0 Å². The minimum absolute atomic E-state index is 0.230. The van der Waals surface area contributed by atoms with Gasteiger partial charge >= 0.3 is 5.97 Å². The first kappa shape index (κ1) is 13.1. The normalized spacial score (nSPS) is 10.5. The number of carboxylic acids is 1. The van der Waals surface area contributed by atoms with Crippen molar-refractivity contribution >= 4 is 5.97 Å². The van der Waals surface area contributed by atoms with Crippen molar-refractivity contribution in [2.75, 3.05) is 0 Å². The van der Waals surface area contributed by atoms with Gasteiger partial charge in [-0.05, 0) is 44.0 Å². The van der Waals surface area contributed by atoms with Crippen molar-refractivity contribution in [1.82, 2.24) is 4.98 Å². The molecule has 0 saturated heterocycles. The molecular formula is C15H15NO3. The second-order valence-corrected chi connectivity index (χ2v) is 4.69. The summed E-state index contributed by atoms with van der Waals surface area (Å²) in [6.45, 7) is 5.72. The Morgan fingerprint density at radius 2 is 1.79 bits per heavy atom. The van der Waals surface area contributed by atoms with E-state index in [0.29, 0.717) is 5.69 Å². The van der Waals surface area contributed by atoms with Gasteiger partial charge in [-0.2, -0.15) is 0 Å². The molecule has 0 unspecified atom stereocenters. The maximum Gasteiger partial charge on any atom is 0.341 e. The third-order valence-corrected chi connectivity index (χ3v) is 3.13. The molecule has 0 bridgehead atoms. The van der Waals surface area contributed by atoms with E-state index in [-0.39, 0.29) is 5.56 Å². The Balaban J connectivity index is 2.70. The Morgan fingerprint density at radius 3 is 2.42 bits per heavy atom. The standard InChI is InChI=1S/C15H15NO3/c1-8-4-5-9(2)11(6-8)13-10(3)7-12(15(18)19)14(17)16-13/h4-7H,1-3H3,(H,16,17)(H,18,19). The summed E-state index contributed by atoms with van der Waals surface area (Å²) in [5.41, 5.74) is 3.66. The van der Waals surface area contributed by atoms with Crippen molar-refractivity contribution in [3.8, 4) is 11.3 Å². The Morgan fingerprint density at radius 1 is 1.11 bits per heavy atom. The Kier molecular flexibility index (Phi) is 3.25. The highest BCUT2D eigenvalue weighted by molar-refractivity contribution is 5.88. The molecule has 1 aromatic carbocycles. The van der Waals surface area contributed by atoms with E-state index in [1.807, 2.05) is 32.0 Å². The van der Waals surface area contributed by atoms with E-state index < -0.39 is 11.5 Å². The van der Waals surface area contributed by atoms with Crippen LogP contribution in [0.1, 0.15) is 27.0 Å². The average molecular weight is 257 g/mol. The van der Waals surface area contributed by atoms with E-state index in [2.05, 4.69) is 4.98 Å². The summed E-state index contributed by atoms with van der Waals surface area (Å²) in [5.74, 6) is -1.21. The number of H-pyrrole nitrogens is 1. The number of benzene rings is 1. The number of pyridine rings is 1. The third-order valence-electron chi connectivity index (χ3n) is 3.13. The number of aromatic nitrogens is 1. The van der Waals surface area contributed by atoms with Gasteiger partial charge in [0.05, 0.1) is 5.69 Å². The number of nitrogens with one attached hydrogen (secondary N) is 1. The summed E-state index contributed by atoms with van der Waals surface area (Å²) >= 11 is 0. The number of aryl methyl sites for hydroxylation is 3. The van der Waals surface area contributed by atoms with Gasteiger partial charge in [0.2, 0.25) is 0 Å². The summed E-state index contributed by atoms with van der Waals surface area (Å²) in [6.07, 6.45) is 0. The molecule has 0 aliphatic carbocycles. The number of hydrogen-bond acceptors (Lipinski definition) is 2. The monoisotopic (exact) mass is 257 g/mol. The van der Waals surface area contributed by atoms with Crippen LogP contribution in [0.4, 0.5) is 0 Å². The number of rotatable bonds is 2. The van der Waals surface area contributed by atoms with Crippen LogP contribution in [0.3, 0.4) is 0 Å². The van der Waals surface area contributed by atoms with E-state index >= 15 is 0 Å². The van der Waals surface area contributed by atoms with Gasteiger partial charge in [0.15, 0.2) is 0 Å². The SMILES string of the molecule is Cc1ccc(C)c(-c2[nH]c(=O)c(C(=O)O)cc2C)c1. The minimum Gasteiger partial charge on any atom is -0.477 e. The summed E-state index contributed by atoms with van der Waals surface area (Å²) in [6, 6.07) is 7.37. The fourth-order valence-electron chi connectivity index (χ4n) is 2.08. The van der Waals surface area contributed by atoms with Crippen molar-refractivity contribution in [2.45, 2.75) is 20.8 Å². The van der Waals surface area contributed by atoms with Crippen LogP contribution in [0, 0.1) is 20.8 Å². The molecule has 0 amide bonds. The largest absolute Gasteiger partial charge is 0.477 e. The molecule has 0 atom stereocenters. The Labute approximate surface area is 110 Å². The second-order valence-electron chi connectivity index (χ2n) is 4.69. The molecule has 19 heavy (non-hydrogen) atoms. The number of carbonyl (C=O) groups is 1. The number of aromatic carboxylic acids is 1. The number of aromatic amines is 1. The van der Waals surface area contributed by atoms with Crippen LogP contribution >= 0.6 is 0 Å². The molecule has 0 fully saturated rings. The maximum absolute atomic E-state index is 11.8. The Bertz CT molecular complexity index is 714. The quantitative estimate of drug-likeness (QED) is 0.868. The molecule has 0 aliphatic heterocycles. The molecule has 0 saturated carbocycles. The third kappa shape index (κ3) is 2.42. The predicted octanol–water partition coefficient (Wildman–Crippen LogP) is 2.67. The van der Waals surface area contributed by atoms with Crippen LogP contribution in [-0.4, -0.2) is 16.1 Å². The van der Waals surface area contributed by atoms with Gasteiger partial charge in [-0.1, -0.05) is 17.7 Å². The van der Waals surface area contributed by atoms with Gasteiger partial charge in [0, 0.05) is 5.56 Å². The lowest BCUT2D eigenvalue weighted by atomic mass is 9.99. The fourth-order valence-corrected chi connectivity index (χ4v) is 2.08. The first-order chi connectivity index (χ1) is 8.90. The van der Waals surface area contributed by atoms with E-state index in [1.54, 1.807) is 6.92 Å². The molecule has 4 heteroatoms. The Hall–Kier alpha value is -2.36. The van der Waals surface area contributed by atoms with Crippen LogP contribution in [0.5, 0.6) is 0 Å². The first-order valence-electron chi connectivity index (χ1n) is 5.95. The lowest BCUT2D eigenvalue weighted by molar-refractivity contribution is 0.0695. The maximum atomic E-state index is 11.8. The predicted molar refractivity (Wildman–Crippen MR) is 73.7 cm³/mol. The van der Waals surface area contributed by atoms with Crippen LogP contribution < -0.4 is 5.56 Å². The van der Waals surface area contributed by atoms with E-state index in [4.69, 9.17) is 5.11 Å². The summed E-state index contributed by atoms with van der Waals surface area (Å²) in [4.78, 5) is 25.4. The fraction of sp³-hybridized carbons (Fsp3) is 0.200. The van der Waals surface area contributed by atoms with Gasteiger partial charge in [-0.3, -0.25) is 4.79 Å². The first-order valence-corrected chi connectivity index (χ1v) is 5.95. The van der Waals surface area contributed by atoms with Crippen molar-refractivity contribution < 1.29 is 9.90 Å². The molecule has 2 aromatic rings. The van der Waals surface area contributed by atoms with Gasteiger partial charge in [-0.25, -0.2) is 4.79 Å². The molecule has 0 spiro atoms.